The number of aryl methyl sites for hydroxylation is 1. The van der Waals surface area contributed by atoms with Crippen LogP contribution in [0.4, 0.5) is 5.69 Å². The van der Waals surface area contributed by atoms with Crippen molar-refractivity contribution in [1.29, 1.82) is 0 Å². The van der Waals surface area contributed by atoms with Crippen LogP contribution in [-0.2, 0) is 0 Å². The summed E-state index contributed by atoms with van der Waals surface area (Å²) in [7, 11) is 0. The van der Waals surface area contributed by atoms with Crippen LogP contribution in [0.5, 0.6) is 0 Å². The van der Waals surface area contributed by atoms with Gasteiger partial charge in [0, 0.05) is 5.56 Å². The van der Waals surface area contributed by atoms with E-state index in [9.17, 15) is 4.79 Å². The van der Waals surface area contributed by atoms with Crippen LogP contribution in [0.1, 0.15) is 16.1 Å². The largest absolute Gasteiger partial charge is 0.320 e. The molecule has 0 fully saturated rings. The number of aromatic nitrogens is 1. The highest BCUT2D eigenvalue weighted by Crippen LogP contribution is 2.16. The lowest BCUT2D eigenvalue weighted by Gasteiger charge is -2.07. The van der Waals surface area contributed by atoms with Crippen molar-refractivity contribution in [3.8, 4) is 0 Å². The van der Waals surface area contributed by atoms with E-state index in [1.54, 1.807) is 31.2 Å². The molecule has 17 heavy (non-hydrogen) atoms. The molecule has 4 heteroatoms. The van der Waals surface area contributed by atoms with Crippen molar-refractivity contribution in [1.82, 2.24) is 4.98 Å². The Balaban J connectivity index is 2.19. The fraction of sp³-hybridized carbons (Fsp3) is 0.0769. The predicted molar refractivity (Wildman–Crippen MR) is 68.4 cm³/mol. The molecule has 86 valence electrons. The zero-order valence-corrected chi connectivity index (χ0v) is 10.0. The molecule has 1 heterocycles. The van der Waals surface area contributed by atoms with Gasteiger partial charge in [-0.15, -0.1) is 0 Å². The number of carbonyl (C=O) groups is 1. The third-order valence-electron chi connectivity index (χ3n) is 2.34. The van der Waals surface area contributed by atoms with Gasteiger partial charge in [0.1, 0.15) is 5.15 Å². The van der Waals surface area contributed by atoms with Crippen molar-refractivity contribution >= 4 is 23.2 Å². The van der Waals surface area contributed by atoms with E-state index in [-0.39, 0.29) is 5.91 Å². The molecular formula is C13H11ClN2O. The first-order valence-electron chi connectivity index (χ1n) is 5.16. The second-order valence-corrected chi connectivity index (χ2v) is 3.97. The summed E-state index contributed by atoms with van der Waals surface area (Å²) >= 11 is 5.75. The van der Waals surface area contributed by atoms with Gasteiger partial charge in [0.05, 0.1) is 11.4 Å². The number of carbonyl (C=O) groups excluding carboxylic acids is 1. The maximum absolute atomic E-state index is 11.9. The first kappa shape index (κ1) is 11.6. The molecular weight excluding hydrogens is 236 g/mol. The summed E-state index contributed by atoms with van der Waals surface area (Å²) in [5, 5.41) is 3.21. The van der Waals surface area contributed by atoms with E-state index >= 15 is 0 Å². The van der Waals surface area contributed by atoms with E-state index in [4.69, 9.17) is 11.6 Å². The van der Waals surface area contributed by atoms with Gasteiger partial charge in [-0.1, -0.05) is 29.8 Å². The Kier molecular flexibility index (Phi) is 3.40. The molecule has 0 aliphatic heterocycles. The number of benzene rings is 1. The third kappa shape index (κ3) is 2.82. The number of amides is 1. The second-order valence-electron chi connectivity index (χ2n) is 3.59. The summed E-state index contributed by atoms with van der Waals surface area (Å²) in [6, 6.07) is 12.4. The molecule has 0 unspecified atom stereocenters. The highest BCUT2D eigenvalue weighted by Gasteiger charge is 2.07. The fourth-order valence-electron chi connectivity index (χ4n) is 1.45. The normalized spacial score (nSPS) is 10.0. The molecule has 0 radical (unpaired) electrons. The maximum atomic E-state index is 11.9. The number of pyridine rings is 1. The van der Waals surface area contributed by atoms with Gasteiger partial charge in [0.2, 0.25) is 0 Å². The smallest absolute Gasteiger partial charge is 0.255 e. The summed E-state index contributed by atoms with van der Waals surface area (Å²) < 4.78 is 0. The minimum Gasteiger partial charge on any atom is -0.320 e. The Morgan fingerprint density at radius 3 is 2.53 bits per heavy atom. The summed E-state index contributed by atoms with van der Waals surface area (Å²) in [4.78, 5) is 16.0. The Hall–Kier alpha value is -1.87. The molecule has 0 saturated heterocycles. The predicted octanol–water partition coefficient (Wildman–Crippen LogP) is 3.30. The van der Waals surface area contributed by atoms with Gasteiger partial charge >= 0.3 is 0 Å². The van der Waals surface area contributed by atoms with Crippen LogP contribution in [0.2, 0.25) is 5.15 Å². The molecule has 1 N–H and O–H groups in total. The van der Waals surface area contributed by atoms with E-state index in [0.29, 0.717) is 22.1 Å². The zero-order chi connectivity index (χ0) is 12.3. The number of nitrogens with one attached hydrogen (secondary N) is 1. The van der Waals surface area contributed by atoms with Gasteiger partial charge in [0.25, 0.3) is 5.91 Å². The van der Waals surface area contributed by atoms with Crippen molar-refractivity contribution in [2.45, 2.75) is 6.92 Å². The number of hydrogen-bond acceptors (Lipinski definition) is 2. The molecule has 3 nitrogen and oxygen atoms in total. The van der Waals surface area contributed by atoms with E-state index in [1.165, 1.54) is 0 Å². The number of hydrogen-bond donors (Lipinski definition) is 1. The van der Waals surface area contributed by atoms with Crippen LogP contribution >= 0.6 is 11.6 Å². The van der Waals surface area contributed by atoms with Crippen molar-refractivity contribution in [2.24, 2.45) is 0 Å². The van der Waals surface area contributed by atoms with Gasteiger partial charge < -0.3 is 5.32 Å². The lowest BCUT2D eigenvalue weighted by atomic mass is 10.2. The Labute approximate surface area is 104 Å². The number of rotatable bonds is 2. The molecule has 0 saturated carbocycles. The molecule has 2 rings (SSSR count). The minimum absolute atomic E-state index is 0.155. The topological polar surface area (TPSA) is 42.0 Å². The van der Waals surface area contributed by atoms with Crippen molar-refractivity contribution in [2.75, 3.05) is 5.32 Å². The van der Waals surface area contributed by atoms with Crippen LogP contribution in [-0.4, -0.2) is 10.9 Å². The first-order chi connectivity index (χ1) is 8.16. The quantitative estimate of drug-likeness (QED) is 0.826. The van der Waals surface area contributed by atoms with Gasteiger partial charge in [-0.3, -0.25) is 4.79 Å². The lowest BCUT2D eigenvalue weighted by molar-refractivity contribution is 0.102. The SMILES string of the molecule is Cc1nc(Cl)ccc1NC(=O)c1ccccc1. The number of anilines is 1. The highest BCUT2D eigenvalue weighted by molar-refractivity contribution is 6.29. The zero-order valence-electron chi connectivity index (χ0n) is 9.27. The highest BCUT2D eigenvalue weighted by atomic mass is 35.5. The standard InChI is InChI=1S/C13H11ClN2O/c1-9-11(7-8-12(14)15-9)16-13(17)10-5-3-2-4-6-10/h2-8H,1H3,(H,16,17). The molecule has 0 aliphatic rings. The van der Waals surface area contributed by atoms with Crippen molar-refractivity contribution < 1.29 is 4.79 Å². The lowest BCUT2D eigenvalue weighted by Crippen LogP contribution is -2.12. The number of halogens is 1. The number of nitrogens with zero attached hydrogens (tertiary/aromatic N) is 1. The van der Waals surface area contributed by atoms with E-state index in [2.05, 4.69) is 10.3 Å². The molecule has 0 spiro atoms. The van der Waals surface area contributed by atoms with Gasteiger partial charge in [-0.25, -0.2) is 4.98 Å². The van der Waals surface area contributed by atoms with Gasteiger partial charge in [-0.05, 0) is 31.2 Å². The van der Waals surface area contributed by atoms with Crippen molar-refractivity contribution in [3.05, 3.63) is 58.9 Å². The van der Waals surface area contributed by atoms with Crippen LogP contribution in [0, 0.1) is 6.92 Å². The fourth-order valence-corrected chi connectivity index (χ4v) is 1.64. The molecule has 0 aliphatic carbocycles. The van der Waals surface area contributed by atoms with Gasteiger partial charge in [0.15, 0.2) is 0 Å². The van der Waals surface area contributed by atoms with Crippen LogP contribution < -0.4 is 5.32 Å². The minimum atomic E-state index is -0.155. The van der Waals surface area contributed by atoms with Gasteiger partial charge in [-0.2, -0.15) is 0 Å². The summed E-state index contributed by atoms with van der Waals surface area (Å²) in [6.45, 7) is 1.80. The monoisotopic (exact) mass is 246 g/mol. The maximum Gasteiger partial charge on any atom is 0.255 e. The molecule has 0 atom stereocenters. The molecule has 2 aromatic rings. The Bertz CT molecular complexity index is 540. The van der Waals surface area contributed by atoms with Crippen LogP contribution in [0.15, 0.2) is 42.5 Å². The average Bonchev–Trinajstić information content (AvgIpc) is 2.34. The van der Waals surface area contributed by atoms with Crippen LogP contribution in [0.25, 0.3) is 0 Å². The third-order valence-corrected chi connectivity index (χ3v) is 2.55. The molecule has 1 amide bonds. The van der Waals surface area contributed by atoms with E-state index in [0.717, 1.165) is 0 Å². The molecule has 0 bridgehead atoms. The Morgan fingerprint density at radius 1 is 1.18 bits per heavy atom. The molecule has 1 aromatic carbocycles. The van der Waals surface area contributed by atoms with Crippen LogP contribution in [0.3, 0.4) is 0 Å². The van der Waals surface area contributed by atoms with Crippen molar-refractivity contribution in [3.63, 3.8) is 0 Å². The molecule has 1 aromatic heterocycles. The van der Waals surface area contributed by atoms with E-state index in [1.807, 2.05) is 18.2 Å². The summed E-state index contributed by atoms with van der Waals surface area (Å²) in [6.07, 6.45) is 0. The summed E-state index contributed by atoms with van der Waals surface area (Å²) in [5.41, 5.74) is 1.98. The Morgan fingerprint density at radius 2 is 1.88 bits per heavy atom. The first-order valence-corrected chi connectivity index (χ1v) is 5.54. The average molecular weight is 247 g/mol. The second kappa shape index (κ2) is 4.97. The summed E-state index contributed by atoms with van der Waals surface area (Å²) in [5.74, 6) is -0.155. The van der Waals surface area contributed by atoms with E-state index < -0.39 is 0 Å².